The molecule has 8 heteroatoms. The lowest BCUT2D eigenvalue weighted by molar-refractivity contribution is -0.153. The number of carbonyl (C=O) groups excluding carboxylic acids is 2. The summed E-state index contributed by atoms with van der Waals surface area (Å²) < 4.78 is 10.7. The van der Waals surface area contributed by atoms with Crippen LogP contribution in [-0.4, -0.2) is 66.9 Å². The Labute approximate surface area is 205 Å². The van der Waals surface area contributed by atoms with Crippen LogP contribution in [0.5, 0.6) is 0 Å². The van der Waals surface area contributed by atoms with Crippen molar-refractivity contribution in [2.75, 3.05) is 26.9 Å². The molecule has 4 rings (SSSR count). The molecule has 2 aromatic rings. The number of aliphatic carboxylic acids is 1. The molecular weight excluding hydrogens is 448 g/mol. The van der Waals surface area contributed by atoms with E-state index in [4.69, 9.17) is 9.47 Å². The van der Waals surface area contributed by atoms with Crippen LogP contribution in [-0.2, 0) is 19.1 Å². The fraction of sp³-hybridized carbons (Fsp3) is 0.444. The molecular formula is C27H32N2O6. The Balaban J connectivity index is 1.44. The van der Waals surface area contributed by atoms with Crippen molar-refractivity contribution in [3.63, 3.8) is 0 Å². The predicted octanol–water partition coefficient (Wildman–Crippen LogP) is 3.79. The zero-order chi connectivity index (χ0) is 24.8. The summed E-state index contributed by atoms with van der Waals surface area (Å²) in [7, 11) is 1.57. The van der Waals surface area contributed by atoms with Gasteiger partial charge in [0.1, 0.15) is 18.7 Å². The van der Waals surface area contributed by atoms with E-state index in [2.05, 4.69) is 17.4 Å². The molecule has 1 aliphatic heterocycles. The molecule has 1 fully saturated rings. The van der Waals surface area contributed by atoms with Gasteiger partial charge in [0.05, 0.1) is 0 Å². The number of hydrogen-bond donors (Lipinski definition) is 2. The van der Waals surface area contributed by atoms with Crippen LogP contribution < -0.4 is 5.32 Å². The largest absolute Gasteiger partial charge is 0.480 e. The second-order valence-electron chi connectivity index (χ2n) is 9.04. The molecule has 2 atom stereocenters. The number of carbonyl (C=O) groups is 3. The summed E-state index contributed by atoms with van der Waals surface area (Å²) in [5, 5.41) is 12.3. The minimum absolute atomic E-state index is 0.0886. The highest BCUT2D eigenvalue weighted by atomic mass is 16.5. The van der Waals surface area contributed by atoms with Crippen molar-refractivity contribution < 1.29 is 29.0 Å². The highest BCUT2D eigenvalue weighted by molar-refractivity contribution is 5.89. The highest BCUT2D eigenvalue weighted by Gasteiger charge is 2.36. The molecule has 2 N–H and O–H groups in total. The molecule has 1 aliphatic carbocycles. The van der Waals surface area contributed by atoms with Crippen LogP contribution >= 0.6 is 0 Å². The standard InChI is InChI=1S/C27H32N2O6/c1-34-16-8-13-23(25(30)29-15-7-6-14-24(29)26(31)32)28-27(33)35-17-22-20-11-4-2-9-18(20)19-10-3-5-12-21(19)22/h2-5,9-12,22-24H,6-8,13-17H2,1H3,(H,28,33)(H,31,32). The topological polar surface area (TPSA) is 105 Å². The molecule has 0 aromatic heterocycles. The van der Waals surface area contributed by atoms with E-state index in [-0.39, 0.29) is 18.4 Å². The number of carboxylic acids is 1. The number of hydrogen-bond acceptors (Lipinski definition) is 5. The van der Waals surface area contributed by atoms with E-state index in [1.807, 2.05) is 36.4 Å². The number of fused-ring (bicyclic) bond motifs is 3. The Morgan fingerprint density at radius 2 is 1.71 bits per heavy atom. The second kappa shape index (κ2) is 11.4. The van der Waals surface area contributed by atoms with Gasteiger partial charge >= 0.3 is 12.1 Å². The first-order valence-electron chi connectivity index (χ1n) is 12.1. The van der Waals surface area contributed by atoms with Gasteiger partial charge in [0.2, 0.25) is 5.91 Å². The molecule has 2 amide bonds. The first-order valence-corrected chi connectivity index (χ1v) is 12.1. The van der Waals surface area contributed by atoms with Crippen molar-refractivity contribution in [3.05, 3.63) is 59.7 Å². The number of methoxy groups -OCH3 is 1. The van der Waals surface area contributed by atoms with E-state index in [1.54, 1.807) is 7.11 Å². The van der Waals surface area contributed by atoms with Crippen molar-refractivity contribution >= 4 is 18.0 Å². The first kappa shape index (κ1) is 24.7. The van der Waals surface area contributed by atoms with Crippen molar-refractivity contribution in [2.45, 2.75) is 50.1 Å². The van der Waals surface area contributed by atoms with Crippen molar-refractivity contribution in [1.82, 2.24) is 10.2 Å². The zero-order valence-electron chi connectivity index (χ0n) is 19.9. The molecule has 2 unspecified atom stereocenters. The molecule has 0 spiro atoms. The van der Waals surface area contributed by atoms with Gasteiger partial charge in [-0.2, -0.15) is 0 Å². The summed E-state index contributed by atoms with van der Waals surface area (Å²) in [5.74, 6) is -1.49. The maximum absolute atomic E-state index is 13.3. The first-order chi connectivity index (χ1) is 17.0. The second-order valence-corrected chi connectivity index (χ2v) is 9.04. The molecule has 1 heterocycles. The Morgan fingerprint density at radius 3 is 2.34 bits per heavy atom. The summed E-state index contributed by atoms with van der Waals surface area (Å²) >= 11 is 0. The Morgan fingerprint density at radius 1 is 1.06 bits per heavy atom. The molecule has 8 nitrogen and oxygen atoms in total. The third-order valence-corrected chi connectivity index (χ3v) is 6.85. The van der Waals surface area contributed by atoms with Crippen LogP contribution in [0.15, 0.2) is 48.5 Å². The van der Waals surface area contributed by atoms with E-state index >= 15 is 0 Å². The van der Waals surface area contributed by atoms with Crippen LogP contribution in [0.25, 0.3) is 11.1 Å². The number of ether oxygens (including phenoxy) is 2. The van der Waals surface area contributed by atoms with E-state index in [9.17, 15) is 19.5 Å². The van der Waals surface area contributed by atoms with Gasteiger partial charge in [-0.1, -0.05) is 48.5 Å². The highest BCUT2D eigenvalue weighted by Crippen LogP contribution is 2.44. The minimum Gasteiger partial charge on any atom is -0.480 e. The third kappa shape index (κ3) is 5.48. The third-order valence-electron chi connectivity index (χ3n) is 6.85. The van der Waals surface area contributed by atoms with E-state index in [1.165, 1.54) is 4.90 Å². The van der Waals surface area contributed by atoms with Crippen molar-refractivity contribution in [1.29, 1.82) is 0 Å². The number of nitrogens with one attached hydrogen (secondary N) is 1. The van der Waals surface area contributed by atoms with Crippen LogP contribution in [0.2, 0.25) is 0 Å². The number of piperidine rings is 1. The lowest BCUT2D eigenvalue weighted by atomic mass is 9.98. The number of rotatable bonds is 9. The Bertz CT molecular complexity index is 1030. The van der Waals surface area contributed by atoms with Crippen LogP contribution in [0.3, 0.4) is 0 Å². The fourth-order valence-electron chi connectivity index (χ4n) is 5.12. The average Bonchev–Trinajstić information content (AvgIpc) is 3.20. The lowest BCUT2D eigenvalue weighted by Gasteiger charge is -2.35. The lowest BCUT2D eigenvalue weighted by Crippen LogP contribution is -2.55. The van der Waals surface area contributed by atoms with E-state index in [0.717, 1.165) is 35.1 Å². The van der Waals surface area contributed by atoms with Gasteiger partial charge in [0.25, 0.3) is 0 Å². The monoisotopic (exact) mass is 480 g/mol. The van der Waals surface area contributed by atoms with E-state index < -0.39 is 24.1 Å². The van der Waals surface area contributed by atoms with Crippen molar-refractivity contribution in [3.8, 4) is 11.1 Å². The minimum atomic E-state index is -1.02. The molecule has 35 heavy (non-hydrogen) atoms. The Kier molecular flexibility index (Phi) is 8.02. The van der Waals surface area contributed by atoms with Gasteiger partial charge in [-0.05, 0) is 54.4 Å². The SMILES string of the molecule is COCCCC(NC(=O)OCC1c2ccccc2-c2ccccc21)C(=O)N1CCCCC1C(=O)O. The number of likely N-dealkylation sites (tertiary alicyclic amines) is 1. The summed E-state index contributed by atoms with van der Waals surface area (Å²) in [4.78, 5) is 39.2. The molecule has 2 aromatic carbocycles. The summed E-state index contributed by atoms with van der Waals surface area (Å²) in [6.07, 6.45) is 2.10. The molecule has 0 saturated carbocycles. The maximum atomic E-state index is 13.3. The smallest absolute Gasteiger partial charge is 0.407 e. The van der Waals surface area contributed by atoms with E-state index in [0.29, 0.717) is 32.4 Å². The van der Waals surface area contributed by atoms with Gasteiger partial charge < -0.3 is 24.8 Å². The quantitative estimate of drug-likeness (QED) is 0.529. The van der Waals surface area contributed by atoms with Gasteiger partial charge in [-0.15, -0.1) is 0 Å². The van der Waals surface area contributed by atoms with Gasteiger partial charge in [-0.25, -0.2) is 9.59 Å². The molecule has 186 valence electrons. The predicted molar refractivity (Wildman–Crippen MR) is 130 cm³/mol. The summed E-state index contributed by atoms with van der Waals surface area (Å²) in [6.45, 7) is 0.932. The van der Waals surface area contributed by atoms with Crippen molar-refractivity contribution in [2.24, 2.45) is 0 Å². The number of carboxylic acid groups (broad SMARTS) is 1. The van der Waals surface area contributed by atoms with Gasteiger partial charge in [0.15, 0.2) is 0 Å². The number of alkyl carbamates (subject to hydrolysis) is 1. The maximum Gasteiger partial charge on any atom is 0.407 e. The van der Waals surface area contributed by atoms with Crippen LogP contribution in [0.1, 0.15) is 49.1 Å². The molecule has 0 radical (unpaired) electrons. The average molecular weight is 481 g/mol. The normalized spacial score (nSPS) is 17.9. The summed E-state index contributed by atoms with van der Waals surface area (Å²) in [5.41, 5.74) is 4.47. The van der Waals surface area contributed by atoms with Crippen LogP contribution in [0, 0.1) is 0 Å². The number of benzene rings is 2. The van der Waals surface area contributed by atoms with Crippen LogP contribution in [0.4, 0.5) is 4.79 Å². The number of amides is 2. The Hall–Kier alpha value is -3.39. The fourth-order valence-corrected chi connectivity index (χ4v) is 5.12. The molecule has 1 saturated heterocycles. The molecule has 0 bridgehead atoms. The number of nitrogens with zero attached hydrogens (tertiary/aromatic N) is 1. The van der Waals surface area contributed by atoms with Gasteiger partial charge in [0, 0.05) is 26.2 Å². The summed E-state index contributed by atoms with van der Waals surface area (Å²) in [6, 6.07) is 14.4. The zero-order valence-corrected chi connectivity index (χ0v) is 19.9. The molecule has 2 aliphatic rings. The van der Waals surface area contributed by atoms with Gasteiger partial charge in [-0.3, -0.25) is 4.79 Å².